The van der Waals surface area contributed by atoms with Gasteiger partial charge in [0, 0.05) is 14.1 Å². The van der Waals surface area contributed by atoms with E-state index < -0.39 is 0 Å². The second-order valence-corrected chi connectivity index (χ2v) is 2.07. The summed E-state index contributed by atoms with van der Waals surface area (Å²) >= 11 is 4.29. The van der Waals surface area contributed by atoms with Gasteiger partial charge < -0.3 is 10.6 Å². The first-order valence-electron chi connectivity index (χ1n) is 2.76. The van der Waals surface area contributed by atoms with Gasteiger partial charge in [-0.3, -0.25) is 5.41 Å². The summed E-state index contributed by atoms with van der Waals surface area (Å²) in [5, 5.41) is 9.24. The van der Waals surface area contributed by atoms with Crippen molar-refractivity contribution in [3.05, 3.63) is 0 Å². The quantitative estimate of drug-likeness (QED) is 0.303. The van der Waals surface area contributed by atoms with Crippen LogP contribution in [0.25, 0.3) is 0 Å². The van der Waals surface area contributed by atoms with Gasteiger partial charge in [0.1, 0.15) is 0 Å². The zero-order valence-electron chi connectivity index (χ0n) is 6.33. The number of thiocarbonyl (C=S) groups is 1. The molecule has 0 radical (unpaired) electrons. The highest BCUT2D eigenvalue weighted by Gasteiger charge is 1.95. The van der Waals surface area contributed by atoms with Crippen LogP contribution >= 0.6 is 12.2 Å². The van der Waals surface area contributed by atoms with Crippen LogP contribution in [0.5, 0.6) is 0 Å². The summed E-state index contributed by atoms with van der Waals surface area (Å²) in [6, 6.07) is 0. The van der Waals surface area contributed by atoms with E-state index in [-0.39, 0.29) is 11.9 Å². The Balaban J connectivity index is 4.31. The molecule has 11 heavy (non-hydrogen) atoms. The van der Waals surface area contributed by atoms with Gasteiger partial charge in [0.2, 0.25) is 11.9 Å². The van der Waals surface area contributed by atoms with Crippen molar-refractivity contribution in [3.8, 4) is 0 Å². The first kappa shape index (κ1) is 9.74. The molecule has 0 unspecified atom stereocenters. The molecular weight excluding hydrogens is 162 g/mol. The van der Waals surface area contributed by atoms with Crippen molar-refractivity contribution in [3.63, 3.8) is 0 Å². The zero-order valence-corrected chi connectivity index (χ0v) is 7.14. The highest BCUT2D eigenvalue weighted by molar-refractivity contribution is 7.78. The van der Waals surface area contributed by atoms with Crippen LogP contribution in [0.3, 0.4) is 0 Å². The molecule has 0 saturated heterocycles. The molecule has 0 bridgehead atoms. The fraction of sp³-hybridized carbons (Fsp3) is 0.400. The number of nitrogens with zero attached hydrogens (tertiary/aromatic N) is 3. The summed E-state index contributed by atoms with van der Waals surface area (Å²) in [5.74, 6) is -0.0322. The molecule has 0 aliphatic heterocycles. The van der Waals surface area contributed by atoms with Crippen LogP contribution in [-0.4, -0.2) is 36.1 Å². The van der Waals surface area contributed by atoms with E-state index in [9.17, 15) is 0 Å². The van der Waals surface area contributed by atoms with E-state index in [0.29, 0.717) is 0 Å². The van der Waals surface area contributed by atoms with Gasteiger partial charge in [-0.15, -0.1) is 0 Å². The number of aliphatic imine (C=N–C) groups is 2. The number of hydrogen-bond acceptors (Lipinski definition) is 2. The molecule has 0 aliphatic carbocycles. The molecule has 0 saturated carbocycles. The van der Waals surface area contributed by atoms with Crippen LogP contribution in [0.2, 0.25) is 0 Å². The van der Waals surface area contributed by atoms with Crippen molar-refractivity contribution < 1.29 is 0 Å². The van der Waals surface area contributed by atoms with Crippen LogP contribution in [0.4, 0.5) is 0 Å². The molecule has 3 N–H and O–H groups in total. The van der Waals surface area contributed by atoms with Crippen LogP contribution in [0, 0.1) is 5.41 Å². The maximum atomic E-state index is 7.19. The number of guanidine groups is 2. The zero-order chi connectivity index (χ0) is 8.85. The van der Waals surface area contributed by atoms with Crippen LogP contribution in [-0.2, 0) is 0 Å². The highest BCUT2D eigenvalue weighted by Crippen LogP contribution is 1.81. The topological polar surface area (TPSA) is 77.8 Å². The Bertz CT molecular complexity index is 225. The van der Waals surface area contributed by atoms with E-state index in [1.165, 1.54) is 4.90 Å². The van der Waals surface area contributed by atoms with Gasteiger partial charge >= 0.3 is 0 Å². The summed E-state index contributed by atoms with van der Waals surface area (Å²) in [4.78, 5) is 8.44. The fourth-order valence-electron chi connectivity index (χ4n) is 0.280. The molecule has 0 aliphatic rings. The number of rotatable bonds is 0. The lowest BCUT2D eigenvalue weighted by molar-refractivity contribution is 0.609. The van der Waals surface area contributed by atoms with Crippen molar-refractivity contribution in [2.75, 3.05) is 14.1 Å². The molecule has 0 spiro atoms. The maximum Gasteiger partial charge on any atom is 0.232 e. The lowest BCUT2D eigenvalue weighted by Crippen LogP contribution is -2.22. The number of isothiocyanates is 1. The highest BCUT2D eigenvalue weighted by atomic mass is 32.1. The second-order valence-electron chi connectivity index (χ2n) is 1.89. The minimum atomic E-state index is -0.0568. The molecule has 5 nitrogen and oxygen atoms in total. The standard InChI is InChI=1S/C5H9N5S/c1-10(2)5(7)9-4(6)8-3-11/h1-2H3,(H3,6,7,9). The molecule has 0 atom stereocenters. The van der Waals surface area contributed by atoms with E-state index in [1.807, 2.05) is 5.16 Å². The molecule has 0 amide bonds. The minimum Gasteiger partial charge on any atom is -0.367 e. The number of nitrogens with two attached hydrogens (primary N) is 1. The summed E-state index contributed by atoms with van der Waals surface area (Å²) in [6.07, 6.45) is 0. The van der Waals surface area contributed by atoms with E-state index in [2.05, 4.69) is 22.2 Å². The molecule has 0 aromatic heterocycles. The summed E-state index contributed by atoms with van der Waals surface area (Å²) in [6.45, 7) is 0. The van der Waals surface area contributed by atoms with Gasteiger partial charge in [-0.2, -0.15) is 9.98 Å². The van der Waals surface area contributed by atoms with Crippen molar-refractivity contribution in [1.29, 1.82) is 5.41 Å². The van der Waals surface area contributed by atoms with Crippen molar-refractivity contribution >= 4 is 29.3 Å². The Labute approximate surface area is 70.1 Å². The Kier molecular flexibility index (Phi) is 4.02. The monoisotopic (exact) mass is 171 g/mol. The molecular formula is C5H9N5S. The Morgan fingerprint density at radius 1 is 1.64 bits per heavy atom. The van der Waals surface area contributed by atoms with E-state index in [1.54, 1.807) is 14.1 Å². The number of hydrogen-bond donors (Lipinski definition) is 2. The first-order chi connectivity index (χ1) is 5.07. The van der Waals surface area contributed by atoms with Crippen molar-refractivity contribution in [2.45, 2.75) is 0 Å². The third kappa shape index (κ3) is 4.19. The summed E-state index contributed by atoms with van der Waals surface area (Å²) < 4.78 is 0. The molecule has 0 fully saturated rings. The molecule has 0 heterocycles. The average Bonchev–Trinajstić information content (AvgIpc) is 1.87. The lowest BCUT2D eigenvalue weighted by Gasteiger charge is -2.07. The van der Waals surface area contributed by atoms with Crippen LogP contribution in [0.15, 0.2) is 9.98 Å². The van der Waals surface area contributed by atoms with Gasteiger partial charge in [-0.25, -0.2) is 0 Å². The molecule has 0 aromatic rings. The van der Waals surface area contributed by atoms with Crippen LogP contribution < -0.4 is 5.73 Å². The Hall–Kier alpha value is -1.26. The Morgan fingerprint density at radius 2 is 2.18 bits per heavy atom. The predicted molar refractivity (Wildman–Crippen MR) is 48.1 cm³/mol. The Morgan fingerprint density at radius 3 is 2.55 bits per heavy atom. The van der Waals surface area contributed by atoms with Crippen molar-refractivity contribution in [2.24, 2.45) is 15.7 Å². The second kappa shape index (κ2) is 4.54. The maximum absolute atomic E-state index is 7.19. The third-order valence-corrected chi connectivity index (χ3v) is 0.896. The van der Waals surface area contributed by atoms with Gasteiger partial charge in [0.15, 0.2) is 0 Å². The minimum absolute atomic E-state index is 0.0245. The lowest BCUT2D eigenvalue weighted by atomic mass is 10.8. The number of nitrogens with one attached hydrogen (secondary N) is 1. The smallest absolute Gasteiger partial charge is 0.232 e. The molecule has 60 valence electrons. The van der Waals surface area contributed by atoms with Gasteiger partial charge in [0.05, 0.1) is 5.16 Å². The fourth-order valence-corrected chi connectivity index (χ4v) is 0.374. The van der Waals surface area contributed by atoms with Crippen LogP contribution in [0.1, 0.15) is 0 Å². The normalized spacial score (nSPS) is 10.2. The van der Waals surface area contributed by atoms with E-state index >= 15 is 0 Å². The molecule has 6 heteroatoms. The largest absolute Gasteiger partial charge is 0.367 e. The van der Waals surface area contributed by atoms with E-state index in [0.717, 1.165) is 0 Å². The van der Waals surface area contributed by atoms with Gasteiger partial charge in [0.25, 0.3) is 0 Å². The van der Waals surface area contributed by atoms with Gasteiger partial charge in [-0.1, -0.05) is 0 Å². The predicted octanol–water partition coefficient (Wildman–Crippen LogP) is -0.0997. The molecule has 0 aromatic carbocycles. The van der Waals surface area contributed by atoms with E-state index in [4.69, 9.17) is 11.1 Å². The van der Waals surface area contributed by atoms with Gasteiger partial charge in [-0.05, 0) is 12.2 Å². The molecule has 0 rings (SSSR count). The summed E-state index contributed by atoms with van der Waals surface area (Å²) in [5.41, 5.74) is 5.21. The SMILES string of the molecule is CN(C)C(=N)/N=C(\N)N=C=S. The average molecular weight is 171 g/mol. The van der Waals surface area contributed by atoms with Crippen molar-refractivity contribution in [1.82, 2.24) is 4.90 Å². The third-order valence-electron chi connectivity index (χ3n) is 0.804. The summed E-state index contributed by atoms with van der Waals surface area (Å²) in [7, 11) is 3.36. The first-order valence-corrected chi connectivity index (χ1v) is 3.16.